The predicted molar refractivity (Wildman–Crippen MR) is 125 cm³/mol. The highest BCUT2D eigenvalue weighted by Crippen LogP contribution is 2.36. The molecule has 5 aromatic rings. The van der Waals surface area contributed by atoms with Gasteiger partial charge in [-0.05, 0) is 56.7 Å². The maximum Gasteiger partial charge on any atom is 0.335 e. The summed E-state index contributed by atoms with van der Waals surface area (Å²) in [5.74, 6) is -0.205. The standard InChI is InChI=1S/C26H22N4O3/c1-15-24(17(3)33-29-15)20-12-23-25(28-13-20)21(18-7-9-19(10-8-18)26(31)32)14-30(23)16(2)22-6-4-5-11-27-22/h4-14,16H,1-3H3,(H,31,32). The highest BCUT2D eigenvalue weighted by molar-refractivity contribution is 5.96. The van der Waals surface area contributed by atoms with Crippen LogP contribution < -0.4 is 0 Å². The van der Waals surface area contributed by atoms with Gasteiger partial charge in [0.25, 0.3) is 0 Å². The molecule has 164 valence electrons. The van der Waals surface area contributed by atoms with Crippen molar-refractivity contribution in [3.63, 3.8) is 0 Å². The van der Waals surface area contributed by atoms with E-state index in [1.54, 1.807) is 18.3 Å². The quantitative estimate of drug-likeness (QED) is 0.379. The monoisotopic (exact) mass is 438 g/mol. The second-order valence-electron chi connectivity index (χ2n) is 8.05. The summed E-state index contributed by atoms with van der Waals surface area (Å²) < 4.78 is 7.53. The van der Waals surface area contributed by atoms with Crippen molar-refractivity contribution in [2.24, 2.45) is 0 Å². The number of fused-ring (bicyclic) bond motifs is 1. The van der Waals surface area contributed by atoms with Gasteiger partial charge in [-0.25, -0.2) is 4.79 Å². The van der Waals surface area contributed by atoms with Gasteiger partial charge in [-0.3, -0.25) is 9.97 Å². The molecule has 0 spiro atoms. The number of carboxylic acid groups (broad SMARTS) is 1. The Morgan fingerprint density at radius 2 is 1.85 bits per heavy atom. The average molecular weight is 438 g/mol. The summed E-state index contributed by atoms with van der Waals surface area (Å²) in [6.07, 6.45) is 5.68. The number of benzene rings is 1. The molecule has 1 atom stereocenters. The Bertz CT molecular complexity index is 1450. The molecule has 5 rings (SSSR count). The van der Waals surface area contributed by atoms with E-state index < -0.39 is 5.97 Å². The summed E-state index contributed by atoms with van der Waals surface area (Å²) in [4.78, 5) is 20.6. The van der Waals surface area contributed by atoms with Crippen LogP contribution in [0.15, 0.2) is 71.6 Å². The van der Waals surface area contributed by atoms with E-state index in [9.17, 15) is 9.90 Å². The summed E-state index contributed by atoms with van der Waals surface area (Å²) in [5.41, 5.74) is 7.47. The first-order valence-electron chi connectivity index (χ1n) is 10.6. The summed E-state index contributed by atoms with van der Waals surface area (Å²) in [6.45, 7) is 5.91. The largest absolute Gasteiger partial charge is 0.478 e. The maximum absolute atomic E-state index is 11.3. The van der Waals surface area contributed by atoms with Crippen molar-refractivity contribution in [2.75, 3.05) is 0 Å². The lowest BCUT2D eigenvalue weighted by atomic mass is 10.0. The molecule has 1 N–H and O–H groups in total. The number of hydrogen-bond donors (Lipinski definition) is 1. The summed E-state index contributed by atoms with van der Waals surface area (Å²) >= 11 is 0. The molecular weight excluding hydrogens is 416 g/mol. The van der Waals surface area contributed by atoms with Crippen LogP contribution in [0.4, 0.5) is 0 Å². The molecule has 0 radical (unpaired) electrons. The Balaban J connectivity index is 1.72. The Kier molecular flexibility index (Phi) is 5.01. The molecule has 0 bridgehead atoms. The van der Waals surface area contributed by atoms with Gasteiger partial charge in [-0.15, -0.1) is 0 Å². The first kappa shape index (κ1) is 20.6. The molecule has 0 aliphatic rings. The number of nitrogens with zero attached hydrogens (tertiary/aromatic N) is 4. The van der Waals surface area contributed by atoms with Gasteiger partial charge in [0.1, 0.15) is 5.76 Å². The fraction of sp³-hybridized carbons (Fsp3) is 0.154. The lowest BCUT2D eigenvalue weighted by Crippen LogP contribution is -2.07. The van der Waals surface area contributed by atoms with E-state index in [0.717, 1.165) is 50.4 Å². The molecule has 0 aliphatic heterocycles. The van der Waals surface area contributed by atoms with Crippen molar-refractivity contribution in [3.05, 3.63) is 89.8 Å². The highest BCUT2D eigenvalue weighted by atomic mass is 16.5. The topological polar surface area (TPSA) is 94.0 Å². The van der Waals surface area contributed by atoms with Crippen molar-refractivity contribution < 1.29 is 14.4 Å². The van der Waals surface area contributed by atoms with Crippen LogP contribution in [-0.4, -0.2) is 30.8 Å². The fourth-order valence-electron chi connectivity index (χ4n) is 4.25. The minimum absolute atomic E-state index is 0.0394. The molecule has 0 aliphatic carbocycles. The van der Waals surface area contributed by atoms with Gasteiger partial charge in [0.2, 0.25) is 0 Å². The van der Waals surface area contributed by atoms with Gasteiger partial charge >= 0.3 is 5.97 Å². The van der Waals surface area contributed by atoms with Crippen molar-refractivity contribution in [2.45, 2.75) is 26.8 Å². The number of carbonyl (C=O) groups is 1. The van der Waals surface area contributed by atoms with Crippen LogP contribution >= 0.6 is 0 Å². The van der Waals surface area contributed by atoms with E-state index in [-0.39, 0.29) is 11.6 Å². The Labute approximate surface area is 190 Å². The van der Waals surface area contributed by atoms with Crippen LogP contribution in [0.1, 0.15) is 40.5 Å². The van der Waals surface area contributed by atoms with Crippen LogP contribution in [0.5, 0.6) is 0 Å². The van der Waals surface area contributed by atoms with Gasteiger partial charge in [0.05, 0.1) is 34.0 Å². The molecule has 33 heavy (non-hydrogen) atoms. The normalized spacial score (nSPS) is 12.2. The van der Waals surface area contributed by atoms with Crippen molar-refractivity contribution in [1.29, 1.82) is 0 Å². The number of pyridine rings is 2. The van der Waals surface area contributed by atoms with E-state index in [2.05, 4.69) is 33.9 Å². The lowest BCUT2D eigenvalue weighted by Gasteiger charge is -2.15. The molecule has 4 heterocycles. The summed E-state index contributed by atoms with van der Waals surface area (Å²) in [5, 5.41) is 13.3. The van der Waals surface area contributed by atoms with E-state index in [1.807, 2.05) is 50.4 Å². The third kappa shape index (κ3) is 3.57. The summed E-state index contributed by atoms with van der Waals surface area (Å²) in [6, 6.07) is 14.8. The Morgan fingerprint density at radius 3 is 2.48 bits per heavy atom. The number of aromatic carboxylic acids is 1. The van der Waals surface area contributed by atoms with E-state index in [0.29, 0.717) is 0 Å². The number of hydrogen-bond acceptors (Lipinski definition) is 5. The molecule has 7 heteroatoms. The molecule has 4 aromatic heterocycles. The van der Waals surface area contributed by atoms with Crippen molar-refractivity contribution in [1.82, 2.24) is 19.7 Å². The fourth-order valence-corrected chi connectivity index (χ4v) is 4.25. The van der Waals surface area contributed by atoms with Gasteiger partial charge in [-0.1, -0.05) is 23.4 Å². The van der Waals surface area contributed by atoms with Crippen LogP contribution in [-0.2, 0) is 0 Å². The first-order chi connectivity index (χ1) is 15.9. The maximum atomic E-state index is 11.3. The molecule has 0 saturated heterocycles. The smallest absolute Gasteiger partial charge is 0.335 e. The Morgan fingerprint density at radius 1 is 1.06 bits per heavy atom. The van der Waals surface area contributed by atoms with Crippen LogP contribution in [0.2, 0.25) is 0 Å². The third-order valence-corrected chi connectivity index (χ3v) is 5.97. The molecule has 1 unspecified atom stereocenters. The molecule has 1 aromatic carbocycles. The van der Waals surface area contributed by atoms with E-state index in [1.165, 1.54) is 0 Å². The predicted octanol–water partition coefficient (Wildman–Crippen LogP) is 5.68. The number of carboxylic acids is 1. The highest BCUT2D eigenvalue weighted by Gasteiger charge is 2.20. The lowest BCUT2D eigenvalue weighted by molar-refractivity contribution is 0.0697. The number of aromatic nitrogens is 4. The number of rotatable bonds is 5. The second-order valence-corrected chi connectivity index (χ2v) is 8.05. The SMILES string of the molecule is Cc1noc(C)c1-c1cnc2c(-c3ccc(C(=O)O)cc3)cn(C(C)c3ccccn3)c2c1. The molecule has 7 nitrogen and oxygen atoms in total. The van der Waals surface area contributed by atoms with Crippen LogP contribution in [0.25, 0.3) is 33.3 Å². The average Bonchev–Trinajstić information content (AvgIpc) is 3.38. The zero-order valence-electron chi connectivity index (χ0n) is 18.5. The summed E-state index contributed by atoms with van der Waals surface area (Å²) in [7, 11) is 0. The first-order valence-corrected chi connectivity index (χ1v) is 10.6. The minimum atomic E-state index is -0.949. The molecule has 0 amide bonds. The van der Waals surface area contributed by atoms with Crippen LogP contribution in [0, 0.1) is 13.8 Å². The van der Waals surface area contributed by atoms with Gasteiger partial charge in [-0.2, -0.15) is 0 Å². The zero-order chi connectivity index (χ0) is 23.1. The van der Waals surface area contributed by atoms with Crippen molar-refractivity contribution >= 4 is 17.0 Å². The van der Waals surface area contributed by atoms with Gasteiger partial charge in [0, 0.05) is 35.3 Å². The number of aryl methyl sites for hydroxylation is 2. The van der Waals surface area contributed by atoms with E-state index in [4.69, 9.17) is 9.51 Å². The molecule has 0 fully saturated rings. The second kappa shape index (κ2) is 8.02. The zero-order valence-corrected chi connectivity index (χ0v) is 18.5. The van der Waals surface area contributed by atoms with Crippen molar-refractivity contribution in [3.8, 4) is 22.3 Å². The van der Waals surface area contributed by atoms with E-state index >= 15 is 0 Å². The van der Waals surface area contributed by atoms with Gasteiger partial charge in [0.15, 0.2) is 0 Å². The third-order valence-electron chi connectivity index (χ3n) is 5.97. The molecular formula is C26H22N4O3. The molecule has 0 saturated carbocycles. The van der Waals surface area contributed by atoms with Crippen LogP contribution in [0.3, 0.4) is 0 Å². The van der Waals surface area contributed by atoms with Gasteiger partial charge < -0.3 is 14.2 Å². The minimum Gasteiger partial charge on any atom is -0.478 e. The Hall–Kier alpha value is -4.26.